The first-order chi connectivity index (χ1) is 32.9. The third kappa shape index (κ3) is 5.77. The third-order valence-corrected chi connectivity index (χ3v) is 17.8. The van der Waals surface area contributed by atoms with E-state index in [1.165, 1.54) is 94.9 Å². The first-order valence-electron chi connectivity index (χ1n) is 25.3. The van der Waals surface area contributed by atoms with Crippen molar-refractivity contribution in [1.29, 1.82) is 0 Å². The molecule has 3 heteroatoms. The summed E-state index contributed by atoms with van der Waals surface area (Å²) in [6, 6.07) is 50.7. The fourth-order valence-electron chi connectivity index (χ4n) is 13.6. The van der Waals surface area contributed by atoms with Gasteiger partial charge in [-0.1, -0.05) is 205 Å². The fraction of sp³-hybridized carbons (Fsp3) is 0.262. The summed E-state index contributed by atoms with van der Waals surface area (Å²) in [6.07, 6.45) is 27.1. The smallest absolute Gasteiger partial charge is 0.252 e. The number of anilines is 5. The number of benzene rings is 6. The van der Waals surface area contributed by atoms with Gasteiger partial charge in [-0.3, -0.25) is 0 Å². The Bertz CT molecular complexity index is 3280. The van der Waals surface area contributed by atoms with Crippen molar-refractivity contribution < 1.29 is 0 Å². The van der Waals surface area contributed by atoms with Gasteiger partial charge in [0, 0.05) is 50.6 Å². The highest BCUT2D eigenvalue weighted by Crippen LogP contribution is 2.55. The van der Waals surface area contributed by atoms with Gasteiger partial charge in [0.1, 0.15) is 0 Å². The first-order valence-corrected chi connectivity index (χ1v) is 25.3. The summed E-state index contributed by atoms with van der Waals surface area (Å²) in [6.45, 7) is 17.0. The lowest BCUT2D eigenvalue weighted by Crippen LogP contribution is -2.62. The van der Waals surface area contributed by atoms with E-state index < -0.39 is 5.41 Å². The van der Waals surface area contributed by atoms with E-state index in [4.69, 9.17) is 0 Å². The highest BCUT2D eigenvalue weighted by molar-refractivity contribution is 7.00. The summed E-state index contributed by atoms with van der Waals surface area (Å²) in [4.78, 5) is 5.35. The van der Waals surface area contributed by atoms with E-state index >= 15 is 0 Å². The fourth-order valence-corrected chi connectivity index (χ4v) is 13.6. The van der Waals surface area contributed by atoms with Gasteiger partial charge >= 0.3 is 0 Å². The highest BCUT2D eigenvalue weighted by Gasteiger charge is 2.51. The quantitative estimate of drug-likeness (QED) is 0.159. The van der Waals surface area contributed by atoms with Gasteiger partial charge in [0.05, 0.1) is 6.04 Å². The van der Waals surface area contributed by atoms with E-state index in [0.717, 1.165) is 19.3 Å². The number of rotatable bonds is 5. The molecule has 4 aliphatic heterocycles. The maximum atomic E-state index is 2.74. The van der Waals surface area contributed by atoms with Crippen molar-refractivity contribution in [2.45, 2.75) is 95.9 Å². The molecule has 0 amide bonds. The van der Waals surface area contributed by atoms with Crippen LogP contribution in [0.15, 0.2) is 199 Å². The number of nitrogens with zero attached hydrogens (tertiary/aromatic N) is 2. The van der Waals surface area contributed by atoms with Crippen LogP contribution in [0.1, 0.15) is 113 Å². The summed E-state index contributed by atoms with van der Waals surface area (Å²) >= 11 is 0. The topological polar surface area (TPSA) is 6.48 Å². The van der Waals surface area contributed by atoms with Crippen LogP contribution in [-0.2, 0) is 16.2 Å². The molecule has 0 spiro atoms. The summed E-state index contributed by atoms with van der Waals surface area (Å²) in [5.41, 5.74) is 22.4. The van der Waals surface area contributed by atoms with Crippen molar-refractivity contribution in [2.75, 3.05) is 9.80 Å². The normalized spacial score (nSPS) is 23.9. The Morgan fingerprint density at radius 2 is 1.38 bits per heavy atom. The molecule has 0 saturated carbocycles. The second-order valence-electron chi connectivity index (χ2n) is 22.6. The van der Waals surface area contributed by atoms with E-state index in [1.54, 1.807) is 0 Å². The molecule has 6 aromatic carbocycles. The van der Waals surface area contributed by atoms with Crippen LogP contribution < -0.4 is 26.2 Å². The van der Waals surface area contributed by atoms with Crippen LogP contribution in [0.3, 0.4) is 0 Å². The second kappa shape index (κ2) is 14.7. The molecule has 334 valence electrons. The van der Waals surface area contributed by atoms with Crippen molar-refractivity contribution in [3.63, 3.8) is 0 Å². The predicted octanol–water partition coefficient (Wildman–Crippen LogP) is 14.1. The Balaban J connectivity index is 1.08. The second-order valence-corrected chi connectivity index (χ2v) is 22.6. The van der Waals surface area contributed by atoms with Crippen molar-refractivity contribution in [1.82, 2.24) is 0 Å². The molecule has 0 aromatic heterocycles. The van der Waals surface area contributed by atoms with Gasteiger partial charge in [-0.2, -0.15) is 0 Å². The zero-order chi connectivity index (χ0) is 46.3. The molecule has 0 N–H and O–H groups in total. The van der Waals surface area contributed by atoms with Crippen LogP contribution in [0.5, 0.6) is 0 Å². The van der Waals surface area contributed by atoms with Gasteiger partial charge < -0.3 is 9.80 Å². The van der Waals surface area contributed by atoms with Crippen molar-refractivity contribution >= 4 is 51.5 Å². The molecule has 7 aliphatic rings. The van der Waals surface area contributed by atoms with E-state index in [9.17, 15) is 0 Å². The van der Waals surface area contributed by atoms with E-state index in [-0.39, 0.29) is 34.9 Å². The molecule has 0 fully saturated rings. The van der Waals surface area contributed by atoms with Gasteiger partial charge in [-0.05, 0) is 129 Å². The van der Waals surface area contributed by atoms with Crippen LogP contribution in [0.2, 0.25) is 0 Å². The molecule has 5 unspecified atom stereocenters. The SMILES string of the molecule is CC(C)(C)C1=CC2c3cc4cc5c3N(c3cccc6c3B5c3cc(ccc3N6c3ccc(C(C)(C5=CC=CCC5)C5C=CC=CC5)cc3)C(C)(c3ccccc3)c3cccc(c3)C4(C)C)C2C=C1. The van der Waals surface area contributed by atoms with Gasteiger partial charge in [0.2, 0.25) is 0 Å². The Labute approximate surface area is 404 Å². The molecule has 13 rings (SSSR count). The molecule has 3 aliphatic carbocycles. The van der Waals surface area contributed by atoms with Gasteiger partial charge in [0.25, 0.3) is 6.71 Å². The Kier molecular flexibility index (Phi) is 9.00. The van der Waals surface area contributed by atoms with E-state index in [0.29, 0.717) is 5.92 Å². The highest BCUT2D eigenvalue weighted by atomic mass is 15.2. The lowest BCUT2D eigenvalue weighted by atomic mass is 9.33. The molecule has 6 bridgehead atoms. The van der Waals surface area contributed by atoms with Gasteiger partial charge in [-0.15, -0.1) is 0 Å². The van der Waals surface area contributed by atoms with Crippen LogP contribution in [-0.4, -0.2) is 12.8 Å². The largest absolute Gasteiger partial charge is 0.334 e. The standard InChI is InChI=1S/C65H61BN2/c1-62(2,3)46-31-35-56-52(38-46)53-39-50-41-55-61(53)68(56)59-28-18-27-58-60(59)66(55)54-40-49(65(7,44-23-15-10-16-24-44)48-26-17-25-47(37-48)63(50,4)5)32-36-57(54)67(58)51-33-29-45(30-34-51)64(6,42-19-11-8-12-20-42)43-21-13-9-14-22-43/h8-13,15-19,21,23-42,52,56H,14,20,22H2,1-7H3. The molecule has 6 aromatic rings. The number of allylic oxidation sites excluding steroid dienone is 10. The van der Waals surface area contributed by atoms with Crippen LogP contribution >= 0.6 is 0 Å². The summed E-state index contributed by atoms with van der Waals surface area (Å²) in [5, 5.41) is 0. The lowest BCUT2D eigenvalue weighted by molar-refractivity contribution is 0.395. The maximum absolute atomic E-state index is 2.74. The maximum Gasteiger partial charge on any atom is 0.252 e. The number of hydrogen-bond donors (Lipinski definition) is 0. The zero-order valence-corrected chi connectivity index (χ0v) is 40.7. The van der Waals surface area contributed by atoms with Gasteiger partial charge in [-0.25, -0.2) is 0 Å². The lowest BCUT2D eigenvalue weighted by Gasteiger charge is -2.45. The molecule has 2 nitrogen and oxygen atoms in total. The minimum absolute atomic E-state index is 0.0427. The molecule has 0 radical (unpaired) electrons. The number of fused-ring (bicyclic) bond motifs is 8. The zero-order valence-electron chi connectivity index (χ0n) is 40.7. The summed E-state index contributed by atoms with van der Waals surface area (Å²) in [5.74, 6) is 0.634. The molecular weight excluding hydrogens is 820 g/mol. The first kappa shape index (κ1) is 41.6. The average Bonchev–Trinajstić information content (AvgIpc) is 3.71. The molecule has 68 heavy (non-hydrogen) atoms. The predicted molar refractivity (Wildman–Crippen MR) is 288 cm³/mol. The van der Waals surface area contributed by atoms with Gasteiger partial charge in [0.15, 0.2) is 0 Å². The van der Waals surface area contributed by atoms with Crippen molar-refractivity contribution in [2.24, 2.45) is 11.3 Å². The molecule has 5 atom stereocenters. The Hall–Kier alpha value is -6.58. The number of hydrogen-bond acceptors (Lipinski definition) is 2. The minimum Gasteiger partial charge on any atom is -0.334 e. The Morgan fingerprint density at radius 3 is 2.15 bits per heavy atom. The van der Waals surface area contributed by atoms with Crippen molar-refractivity contribution in [3.8, 4) is 0 Å². The Morgan fingerprint density at radius 1 is 0.632 bits per heavy atom. The molecular formula is C65H61BN2. The summed E-state index contributed by atoms with van der Waals surface area (Å²) < 4.78 is 0. The van der Waals surface area contributed by atoms with Crippen LogP contribution in [0, 0.1) is 11.3 Å². The van der Waals surface area contributed by atoms with E-state index in [2.05, 4.69) is 246 Å². The van der Waals surface area contributed by atoms with Crippen LogP contribution in [0.25, 0.3) is 0 Å². The monoisotopic (exact) mass is 880 g/mol. The van der Waals surface area contributed by atoms with Crippen molar-refractivity contribution in [3.05, 3.63) is 238 Å². The molecule has 4 heterocycles. The molecule has 0 saturated heterocycles. The minimum atomic E-state index is -0.408. The third-order valence-electron chi connectivity index (χ3n) is 17.8. The van der Waals surface area contributed by atoms with E-state index in [1.807, 2.05) is 0 Å². The average molecular weight is 881 g/mol. The van der Waals surface area contributed by atoms with Crippen LogP contribution in [0.4, 0.5) is 28.4 Å². The summed E-state index contributed by atoms with van der Waals surface area (Å²) in [7, 11) is 0.